The summed E-state index contributed by atoms with van der Waals surface area (Å²) in [5.41, 5.74) is 11.1. The topological polar surface area (TPSA) is 81.6 Å². The molecule has 0 aliphatic carbocycles. The average Bonchev–Trinajstić information content (AvgIpc) is 2.78. The van der Waals surface area contributed by atoms with Crippen molar-refractivity contribution in [3.05, 3.63) is 82.7 Å². The molecule has 0 spiro atoms. The number of carbonyl (C=O) groups excluding carboxylic acids is 1. The molecule has 0 bridgehead atoms. The summed E-state index contributed by atoms with van der Waals surface area (Å²) >= 11 is 6.13. The smallest absolute Gasteiger partial charge is 0.309 e. The molecule has 31 heavy (non-hydrogen) atoms. The van der Waals surface area contributed by atoms with Gasteiger partial charge in [-0.15, -0.1) is 11.6 Å². The van der Waals surface area contributed by atoms with Crippen LogP contribution in [0.15, 0.2) is 60.4 Å². The van der Waals surface area contributed by atoms with Gasteiger partial charge in [-0.2, -0.15) is 0 Å². The number of alkyl halides is 1. The number of allylic oxidation sites excluding steroid dienone is 1. The predicted molar refractivity (Wildman–Crippen MR) is 127 cm³/mol. The van der Waals surface area contributed by atoms with Gasteiger partial charge in [0.2, 0.25) is 0 Å². The minimum atomic E-state index is -0.331. The fourth-order valence-electron chi connectivity index (χ4n) is 3.49. The molecule has 0 aliphatic heterocycles. The third-order valence-corrected chi connectivity index (χ3v) is 5.87. The highest BCUT2D eigenvalue weighted by Crippen LogP contribution is 2.33. The van der Waals surface area contributed by atoms with E-state index in [0.717, 1.165) is 22.3 Å². The Balaban J connectivity index is 2.19. The van der Waals surface area contributed by atoms with E-state index in [1.807, 2.05) is 51.1 Å². The number of aryl methyl sites for hydroxylation is 1. The molecule has 0 amide bonds. The molecule has 168 valence electrons. The highest BCUT2D eigenvalue weighted by atomic mass is 35.5. The number of hydrogen-bond donors (Lipinski definition) is 2. The van der Waals surface area contributed by atoms with Crippen LogP contribution in [-0.4, -0.2) is 17.5 Å². The summed E-state index contributed by atoms with van der Waals surface area (Å²) in [4.78, 5) is 12.9. The molecule has 2 rings (SSSR count). The van der Waals surface area contributed by atoms with Crippen molar-refractivity contribution in [3.63, 3.8) is 0 Å². The van der Waals surface area contributed by atoms with Crippen molar-refractivity contribution in [1.29, 1.82) is 0 Å². The SMILES string of the molecule is CCN(N)/C=C(\N)CCC(c1ccc(C)c(CCl)c1)C(C)C(=O)OCc1ccccc1. The van der Waals surface area contributed by atoms with Crippen LogP contribution in [0.4, 0.5) is 0 Å². The zero-order chi connectivity index (χ0) is 22.8. The summed E-state index contributed by atoms with van der Waals surface area (Å²) in [5.74, 6) is 5.66. The summed E-state index contributed by atoms with van der Waals surface area (Å²) in [6, 6.07) is 15.9. The van der Waals surface area contributed by atoms with Gasteiger partial charge in [0.1, 0.15) is 6.61 Å². The molecule has 2 aromatic rings. The van der Waals surface area contributed by atoms with Gasteiger partial charge in [0.15, 0.2) is 0 Å². The average molecular weight is 444 g/mol. The molecule has 4 N–H and O–H groups in total. The van der Waals surface area contributed by atoms with Gasteiger partial charge in [-0.1, -0.05) is 55.5 Å². The Bertz CT molecular complexity index is 870. The van der Waals surface area contributed by atoms with Gasteiger partial charge < -0.3 is 15.5 Å². The molecule has 0 fully saturated rings. The van der Waals surface area contributed by atoms with Crippen molar-refractivity contribution in [2.45, 2.75) is 52.0 Å². The molecule has 5 nitrogen and oxygen atoms in total. The third-order valence-electron chi connectivity index (χ3n) is 5.59. The fraction of sp³-hybridized carbons (Fsp3) is 0.400. The minimum Gasteiger partial charge on any atom is -0.461 e. The molecule has 0 aromatic heterocycles. The number of halogens is 1. The number of hydrazine groups is 1. The highest BCUT2D eigenvalue weighted by Gasteiger charge is 2.27. The largest absolute Gasteiger partial charge is 0.461 e. The molecule has 0 aliphatic rings. The monoisotopic (exact) mass is 443 g/mol. The number of ether oxygens (including phenoxy) is 1. The van der Waals surface area contributed by atoms with E-state index in [1.165, 1.54) is 0 Å². The van der Waals surface area contributed by atoms with Crippen LogP contribution in [0, 0.1) is 12.8 Å². The number of esters is 1. The quantitative estimate of drug-likeness (QED) is 0.222. The molecule has 0 heterocycles. The molecule has 2 aromatic carbocycles. The summed E-state index contributed by atoms with van der Waals surface area (Å²) in [5, 5.41) is 1.55. The lowest BCUT2D eigenvalue weighted by Gasteiger charge is -2.24. The van der Waals surface area contributed by atoms with E-state index in [9.17, 15) is 4.79 Å². The lowest BCUT2D eigenvalue weighted by molar-refractivity contribution is -0.150. The van der Waals surface area contributed by atoms with Crippen LogP contribution >= 0.6 is 11.6 Å². The van der Waals surface area contributed by atoms with Crippen molar-refractivity contribution in [3.8, 4) is 0 Å². The third kappa shape index (κ3) is 7.60. The van der Waals surface area contributed by atoms with E-state index in [1.54, 1.807) is 11.2 Å². The lowest BCUT2D eigenvalue weighted by atomic mass is 9.82. The second kappa shape index (κ2) is 12.4. The van der Waals surface area contributed by atoms with Crippen molar-refractivity contribution in [2.75, 3.05) is 6.54 Å². The van der Waals surface area contributed by atoms with Crippen LogP contribution in [0.1, 0.15) is 54.9 Å². The number of carbonyl (C=O) groups is 1. The van der Waals surface area contributed by atoms with Gasteiger partial charge in [0.25, 0.3) is 0 Å². The Morgan fingerprint density at radius 2 is 1.94 bits per heavy atom. The Morgan fingerprint density at radius 1 is 1.23 bits per heavy atom. The molecule has 2 unspecified atom stereocenters. The molecule has 0 radical (unpaired) electrons. The van der Waals surface area contributed by atoms with Gasteiger partial charge >= 0.3 is 5.97 Å². The first-order chi connectivity index (χ1) is 14.8. The number of nitrogens with two attached hydrogens (primary N) is 2. The van der Waals surface area contributed by atoms with Crippen molar-refractivity contribution < 1.29 is 9.53 Å². The fourth-order valence-corrected chi connectivity index (χ4v) is 3.77. The molecule has 0 saturated heterocycles. The van der Waals surface area contributed by atoms with Crippen LogP contribution in [0.25, 0.3) is 0 Å². The number of benzene rings is 2. The standard InChI is InChI=1S/C25H34ClN3O2/c1-4-29(28)16-23(27)12-13-24(21-11-10-18(2)22(14-21)15-26)19(3)25(30)31-17-20-8-6-5-7-9-20/h5-11,14,16,19,24H,4,12-13,15,17,27-28H2,1-3H3/b23-16-. The second-order valence-corrected chi connectivity index (χ2v) is 8.15. The van der Waals surface area contributed by atoms with Crippen LogP contribution in [0.2, 0.25) is 0 Å². The normalized spacial score (nSPS) is 13.5. The Labute approximate surface area is 191 Å². The zero-order valence-corrected chi connectivity index (χ0v) is 19.4. The van der Waals surface area contributed by atoms with Crippen molar-refractivity contribution in [1.82, 2.24) is 5.01 Å². The molecule has 2 atom stereocenters. The van der Waals surface area contributed by atoms with E-state index >= 15 is 0 Å². The Kier molecular flexibility index (Phi) is 9.89. The van der Waals surface area contributed by atoms with Gasteiger partial charge in [-0.25, -0.2) is 5.84 Å². The number of hydrogen-bond acceptors (Lipinski definition) is 5. The van der Waals surface area contributed by atoms with Crippen molar-refractivity contribution in [2.24, 2.45) is 17.5 Å². The van der Waals surface area contributed by atoms with Gasteiger partial charge in [-0.05, 0) is 54.9 Å². The van der Waals surface area contributed by atoms with E-state index < -0.39 is 0 Å². The molecular weight excluding hydrogens is 410 g/mol. The number of nitrogens with zero attached hydrogens (tertiary/aromatic N) is 1. The first-order valence-corrected chi connectivity index (χ1v) is 11.2. The first-order valence-electron chi connectivity index (χ1n) is 10.7. The van der Waals surface area contributed by atoms with Gasteiger partial charge in [0.05, 0.1) is 5.92 Å². The van der Waals surface area contributed by atoms with Crippen LogP contribution < -0.4 is 11.6 Å². The van der Waals surface area contributed by atoms with E-state index in [0.29, 0.717) is 31.0 Å². The maximum absolute atomic E-state index is 12.9. The Hall–Kier alpha value is -2.50. The van der Waals surface area contributed by atoms with Crippen LogP contribution in [0.5, 0.6) is 0 Å². The van der Waals surface area contributed by atoms with Gasteiger partial charge in [0, 0.05) is 24.3 Å². The number of rotatable bonds is 11. The molecular formula is C25H34ClN3O2. The van der Waals surface area contributed by atoms with E-state index in [4.69, 9.17) is 27.9 Å². The Morgan fingerprint density at radius 3 is 2.58 bits per heavy atom. The first kappa shape index (κ1) is 24.8. The lowest BCUT2D eigenvalue weighted by Crippen LogP contribution is -2.26. The second-order valence-electron chi connectivity index (χ2n) is 7.88. The maximum atomic E-state index is 12.9. The predicted octanol–water partition coefficient (Wildman–Crippen LogP) is 4.97. The van der Waals surface area contributed by atoms with E-state index in [-0.39, 0.29) is 24.4 Å². The summed E-state index contributed by atoms with van der Waals surface area (Å²) in [6.07, 6.45) is 3.07. The molecule has 0 saturated carbocycles. The van der Waals surface area contributed by atoms with Crippen molar-refractivity contribution >= 4 is 17.6 Å². The van der Waals surface area contributed by atoms with Crippen LogP contribution in [-0.2, 0) is 22.0 Å². The maximum Gasteiger partial charge on any atom is 0.309 e. The summed E-state index contributed by atoms with van der Waals surface area (Å²) in [6.45, 7) is 6.84. The van der Waals surface area contributed by atoms with Crippen LogP contribution in [0.3, 0.4) is 0 Å². The van der Waals surface area contributed by atoms with E-state index in [2.05, 4.69) is 18.2 Å². The highest BCUT2D eigenvalue weighted by molar-refractivity contribution is 6.17. The summed E-state index contributed by atoms with van der Waals surface area (Å²) in [7, 11) is 0. The molecule has 6 heteroatoms. The summed E-state index contributed by atoms with van der Waals surface area (Å²) < 4.78 is 5.62. The van der Waals surface area contributed by atoms with Gasteiger partial charge in [-0.3, -0.25) is 4.79 Å². The zero-order valence-electron chi connectivity index (χ0n) is 18.7. The minimum absolute atomic E-state index is 0.0503.